The molecule has 4 aromatic rings. The zero-order valence-corrected chi connectivity index (χ0v) is 17.4. The molecule has 10 heteroatoms. The first-order valence-corrected chi connectivity index (χ1v) is 11.0. The highest BCUT2D eigenvalue weighted by molar-refractivity contribution is 7.46. The maximum atomic E-state index is 13.8. The van der Waals surface area contributed by atoms with Gasteiger partial charge >= 0.3 is 7.82 Å². The SMILES string of the molecule is O=c1c2cc(F)ccc2nc(-c2ccccc2OP(=O)(O)O)n1CCc1cccc(F)c1. The van der Waals surface area contributed by atoms with Gasteiger partial charge in [0.1, 0.15) is 23.2 Å². The number of halogens is 2. The molecule has 0 saturated carbocycles. The van der Waals surface area contributed by atoms with Crippen LogP contribution in [0.2, 0.25) is 0 Å². The number of phosphoric acid groups is 1. The minimum absolute atomic E-state index is 0.0429. The Kier molecular flexibility index (Phi) is 5.88. The number of aryl methyl sites for hydroxylation is 1. The maximum Gasteiger partial charge on any atom is 0.524 e. The summed E-state index contributed by atoms with van der Waals surface area (Å²) in [5, 5.41) is 0.0429. The number of fused-ring (bicyclic) bond motifs is 1. The van der Waals surface area contributed by atoms with E-state index in [1.54, 1.807) is 18.2 Å². The third kappa shape index (κ3) is 4.75. The van der Waals surface area contributed by atoms with Crippen molar-refractivity contribution in [2.75, 3.05) is 0 Å². The van der Waals surface area contributed by atoms with Gasteiger partial charge in [0.2, 0.25) is 0 Å². The number of hydrogen-bond donors (Lipinski definition) is 2. The number of hydrogen-bond acceptors (Lipinski definition) is 4. The van der Waals surface area contributed by atoms with Gasteiger partial charge in [0.25, 0.3) is 5.56 Å². The molecule has 0 unspecified atom stereocenters. The summed E-state index contributed by atoms with van der Waals surface area (Å²) in [7, 11) is -4.89. The lowest BCUT2D eigenvalue weighted by Crippen LogP contribution is -2.25. The van der Waals surface area contributed by atoms with Gasteiger partial charge in [-0.05, 0) is 54.4 Å². The van der Waals surface area contributed by atoms with Crippen LogP contribution in [0.25, 0.3) is 22.3 Å². The number of phosphoric ester groups is 1. The number of aromatic nitrogens is 2. The zero-order chi connectivity index (χ0) is 22.9. The van der Waals surface area contributed by atoms with E-state index in [9.17, 15) is 27.9 Å². The summed E-state index contributed by atoms with van der Waals surface area (Å²) in [6, 6.07) is 15.4. The molecule has 4 rings (SSSR count). The molecule has 3 aromatic carbocycles. The number of para-hydroxylation sites is 1. The third-order valence-corrected chi connectivity index (χ3v) is 5.21. The molecule has 0 aliphatic rings. The van der Waals surface area contributed by atoms with Crippen molar-refractivity contribution in [1.29, 1.82) is 0 Å². The van der Waals surface area contributed by atoms with Gasteiger partial charge in [0.15, 0.2) is 0 Å². The quantitative estimate of drug-likeness (QED) is 0.423. The lowest BCUT2D eigenvalue weighted by Gasteiger charge is -2.17. The van der Waals surface area contributed by atoms with E-state index < -0.39 is 25.0 Å². The first-order valence-electron chi connectivity index (χ1n) is 9.50. The Balaban J connectivity index is 1.90. The van der Waals surface area contributed by atoms with E-state index in [2.05, 4.69) is 4.98 Å². The summed E-state index contributed by atoms with van der Waals surface area (Å²) in [6.45, 7) is 0.0569. The van der Waals surface area contributed by atoms with Crippen LogP contribution in [-0.4, -0.2) is 19.3 Å². The van der Waals surface area contributed by atoms with E-state index >= 15 is 0 Å². The molecule has 0 saturated heterocycles. The standard InChI is InChI=1S/C22H17F2N2O5P/c23-15-5-3-4-14(12-15)10-11-26-21(17-6-1-2-7-20(17)31-32(28,29)30)25-19-9-8-16(24)13-18(19)22(26)27/h1-9,12-13H,10-11H2,(H2,28,29,30). The third-order valence-electron chi connectivity index (χ3n) is 4.77. The second-order valence-corrected chi connectivity index (χ2v) is 8.18. The van der Waals surface area contributed by atoms with E-state index in [0.717, 1.165) is 12.1 Å². The fourth-order valence-corrected chi connectivity index (χ4v) is 3.81. The van der Waals surface area contributed by atoms with Crippen molar-refractivity contribution in [3.05, 3.63) is 94.3 Å². The minimum Gasteiger partial charge on any atom is -0.403 e. The molecule has 1 heterocycles. The van der Waals surface area contributed by atoms with E-state index in [1.807, 2.05) is 0 Å². The van der Waals surface area contributed by atoms with Crippen LogP contribution in [0.5, 0.6) is 5.75 Å². The Morgan fingerprint density at radius 1 is 0.969 bits per heavy atom. The average molecular weight is 458 g/mol. The summed E-state index contributed by atoms with van der Waals surface area (Å²) in [4.78, 5) is 36.2. The van der Waals surface area contributed by atoms with Crippen molar-refractivity contribution < 1.29 is 27.7 Å². The molecule has 32 heavy (non-hydrogen) atoms. The highest BCUT2D eigenvalue weighted by atomic mass is 31.2. The molecule has 0 aliphatic heterocycles. The van der Waals surface area contributed by atoms with Crippen LogP contribution < -0.4 is 10.1 Å². The molecule has 1 aromatic heterocycles. The molecule has 0 amide bonds. The molecule has 164 valence electrons. The molecular formula is C22H17F2N2O5P. The van der Waals surface area contributed by atoms with Crippen molar-refractivity contribution in [2.45, 2.75) is 13.0 Å². The first kappa shape index (κ1) is 21.8. The molecule has 0 atom stereocenters. The predicted octanol–water partition coefficient (Wildman–Crippen LogP) is 4.06. The highest BCUT2D eigenvalue weighted by Gasteiger charge is 2.22. The summed E-state index contributed by atoms with van der Waals surface area (Å²) in [5.74, 6) is -1.12. The first-order chi connectivity index (χ1) is 15.2. The summed E-state index contributed by atoms with van der Waals surface area (Å²) in [6.07, 6.45) is 0.259. The fourth-order valence-electron chi connectivity index (χ4n) is 3.40. The van der Waals surface area contributed by atoms with Crippen molar-refractivity contribution in [2.24, 2.45) is 0 Å². The van der Waals surface area contributed by atoms with E-state index in [4.69, 9.17) is 4.52 Å². The second-order valence-electron chi connectivity index (χ2n) is 7.01. The van der Waals surface area contributed by atoms with E-state index in [0.29, 0.717) is 5.56 Å². The van der Waals surface area contributed by atoms with Gasteiger partial charge < -0.3 is 4.52 Å². The van der Waals surface area contributed by atoms with Gasteiger partial charge in [-0.25, -0.2) is 18.3 Å². The summed E-state index contributed by atoms with van der Waals surface area (Å²) >= 11 is 0. The monoisotopic (exact) mass is 458 g/mol. The highest BCUT2D eigenvalue weighted by Crippen LogP contribution is 2.41. The normalized spacial score (nSPS) is 11.6. The van der Waals surface area contributed by atoms with Gasteiger partial charge in [-0.2, -0.15) is 0 Å². The molecular weight excluding hydrogens is 441 g/mol. The Morgan fingerprint density at radius 2 is 1.72 bits per heavy atom. The van der Waals surface area contributed by atoms with Gasteiger partial charge in [-0.3, -0.25) is 19.1 Å². The zero-order valence-electron chi connectivity index (χ0n) is 16.5. The minimum atomic E-state index is -4.89. The topological polar surface area (TPSA) is 102 Å². The Morgan fingerprint density at radius 3 is 2.47 bits per heavy atom. The van der Waals surface area contributed by atoms with Crippen molar-refractivity contribution in [1.82, 2.24) is 9.55 Å². The number of benzene rings is 3. The van der Waals surface area contributed by atoms with Gasteiger partial charge in [-0.15, -0.1) is 0 Å². The molecule has 0 aliphatic carbocycles. The Hall–Kier alpha value is -3.39. The van der Waals surface area contributed by atoms with Gasteiger partial charge in [-0.1, -0.05) is 24.3 Å². The molecule has 0 spiro atoms. The van der Waals surface area contributed by atoms with Crippen LogP contribution in [-0.2, 0) is 17.5 Å². The summed E-state index contributed by atoms with van der Waals surface area (Å²) in [5.41, 5.74) is 0.451. The Bertz CT molecular complexity index is 1420. The van der Waals surface area contributed by atoms with Crippen LogP contribution in [0, 0.1) is 11.6 Å². The Labute approximate surface area is 180 Å². The largest absolute Gasteiger partial charge is 0.524 e. The smallest absolute Gasteiger partial charge is 0.403 e. The van der Waals surface area contributed by atoms with Crippen LogP contribution >= 0.6 is 7.82 Å². The van der Waals surface area contributed by atoms with Crippen molar-refractivity contribution in [3.63, 3.8) is 0 Å². The lowest BCUT2D eigenvalue weighted by molar-refractivity contribution is 0.283. The number of nitrogens with zero attached hydrogens (tertiary/aromatic N) is 2. The maximum absolute atomic E-state index is 13.8. The van der Waals surface area contributed by atoms with Crippen LogP contribution in [0.3, 0.4) is 0 Å². The average Bonchev–Trinajstić information content (AvgIpc) is 2.73. The predicted molar refractivity (Wildman–Crippen MR) is 114 cm³/mol. The molecule has 0 bridgehead atoms. The molecule has 0 radical (unpaired) electrons. The van der Waals surface area contributed by atoms with E-state index in [-0.39, 0.29) is 41.0 Å². The summed E-state index contributed by atoms with van der Waals surface area (Å²) < 4.78 is 44.8. The van der Waals surface area contributed by atoms with Gasteiger partial charge in [0, 0.05) is 6.54 Å². The second kappa shape index (κ2) is 8.63. The van der Waals surface area contributed by atoms with Crippen LogP contribution in [0.15, 0.2) is 71.5 Å². The van der Waals surface area contributed by atoms with Crippen LogP contribution in [0.1, 0.15) is 5.56 Å². The molecule has 0 fully saturated rings. The van der Waals surface area contributed by atoms with Crippen molar-refractivity contribution in [3.8, 4) is 17.1 Å². The molecule has 2 N–H and O–H groups in total. The lowest BCUT2D eigenvalue weighted by atomic mass is 10.1. The van der Waals surface area contributed by atoms with Crippen molar-refractivity contribution >= 4 is 18.7 Å². The van der Waals surface area contributed by atoms with Crippen LogP contribution in [0.4, 0.5) is 8.78 Å². The van der Waals surface area contributed by atoms with Gasteiger partial charge in [0.05, 0.1) is 16.5 Å². The molecule has 7 nitrogen and oxygen atoms in total. The van der Waals surface area contributed by atoms with E-state index in [1.165, 1.54) is 41.0 Å². The number of rotatable bonds is 6. The fraction of sp³-hybridized carbons (Fsp3) is 0.0909.